The maximum absolute atomic E-state index is 12.8. The van der Waals surface area contributed by atoms with E-state index in [4.69, 9.17) is 23.2 Å². The molecule has 0 bridgehead atoms. The predicted octanol–water partition coefficient (Wildman–Crippen LogP) is 3.98. The molecular weight excluding hydrogens is 248 g/mol. The van der Waals surface area contributed by atoms with Gasteiger partial charge in [0.1, 0.15) is 5.82 Å². The Morgan fingerprint density at radius 3 is 2.75 bits per heavy atom. The number of rotatable bonds is 6. The summed E-state index contributed by atoms with van der Waals surface area (Å²) in [6.07, 6.45) is 1.95. The van der Waals surface area contributed by atoms with Crippen LogP contribution in [0.4, 0.5) is 4.39 Å². The summed E-state index contributed by atoms with van der Waals surface area (Å²) in [4.78, 5) is 0. The largest absolute Gasteiger partial charge is 0.310 e. The molecule has 16 heavy (non-hydrogen) atoms. The Balaban J connectivity index is 2.53. The highest BCUT2D eigenvalue weighted by Gasteiger charge is 2.06. The van der Waals surface area contributed by atoms with Gasteiger partial charge in [-0.1, -0.05) is 24.6 Å². The number of hydrogen-bond acceptors (Lipinski definition) is 1. The van der Waals surface area contributed by atoms with Gasteiger partial charge in [-0.05, 0) is 30.5 Å². The first-order valence-corrected chi connectivity index (χ1v) is 6.32. The van der Waals surface area contributed by atoms with Gasteiger partial charge in [-0.3, -0.25) is 0 Å². The van der Waals surface area contributed by atoms with Crippen molar-refractivity contribution >= 4 is 23.2 Å². The van der Waals surface area contributed by atoms with E-state index in [2.05, 4.69) is 12.2 Å². The first-order chi connectivity index (χ1) is 7.67. The maximum Gasteiger partial charge on any atom is 0.124 e. The monoisotopic (exact) mass is 263 g/mol. The molecule has 0 saturated carbocycles. The molecule has 90 valence electrons. The number of halogens is 3. The highest BCUT2D eigenvalue weighted by atomic mass is 35.5. The lowest BCUT2D eigenvalue weighted by atomic mass is 10.1. The van der Waals surface area contributed by atoms with Gasteiger partial charge >= 0.3 is 0 Å². The Morgan fingerprint density at radius 2 is 2.19 bits per heavy atom. The summed E-state index contributed by atoms with van der Waals surface area (Å²) < 4.78 is 12.8. The molecule has 0 amide bonds. The van der Waals surface area contributed by atoms with Crippen molar-refractivity contribution < 1.29 is 4.39 Å². The van der Waals surface area contributed by atoms with E-state index in [9.17, 15) is 4.39 Å². The van der Waals surface area contributed by atoms with Crippen LogP contribution in [0.15, 0.2) is 18.2 Å². The second kappa shape index (κ2) is 7.10. The van der Waals surface area contributed by atoms with Gasteiger partial charge in [0.05, 0.1) is 0 Å². The summed E-state index contributed by atoms with van der Waals surface area (Å²) in [5, 5.41) is 3.82. The van der Waals surface area contributed by atoms with Crippen molar-refractivity contribution in [3.63, 3.8) is 0 Å². The van der Waals surface area contributed by atoms with Gasteiger partial charge in [0.15, 0.2) is 0 Å². The number of nitrogens with one attached hydrogen (secondary N) is 1. The Labute approximate surface area is 106 Å². The second-order valence-corrected chi connectivity index (χ2v) is 4.48. The Bertz CT molecular complexity index is 331. The van der Waals surface area contributed by atoms with E-state index in [1.165, 1.54) is 12.1 Å². The van der Waals surface area contributed by atoms with Gasteiger partial charge < -0.3 is 5.32 Å². The molecule has 1 aromatic rings. The van der Waals surface area contributed by atoms with Gasteiger partial charge in [-0.15, -0.1) is 11.6 Å². The minimum absolute atomic E-state index is 0.304. The first kappa shape index (κ1) is 13.8. The summed E-state index contributed by atoms with van der Waals surface area (Å²) in [5.41, 5.74) is 0.913. The maximum atomic E-state index is 12.8. The zero-order valence-electron chi connectivity index (χ0n) is 9.27. The molecule has 0 aliphatic carbocycles. The minimum atomic E-state index is -0.304. The van der Waals surface area contributed by atoms with Crippen LogP contribution >= 0.6 is 23.2 Å². The Morgan fingerprint density at radius 1 is 1.44 bits per heavy atom. The molecule has 0 spiro atoms. The average molecular weight is 264 g/mol. The van der Waals surface area contributed by atoms with Crippen molar-refractivity contribution in [1.29, 1.82) is 0 Å². The number of hydrogen-bond donors (Lipinski definition) is 1. The standard InChI is InChI=1S/C12H16Cl2FN/c1-2-11(5-6-13)16-8-9-3-4-10(15)7-12(9)14/h3-4,7,11,16H,2,5-6,8H2,1H3. The lowest BCUT2D eigenvalue weighted by Crippen LogP contribution is -2.28. The summed E-state index contributed by atoms with van der Waals surface area (Å²) >= 11 is 11.6. The third-order valence-electron chi connectivity index (χ3n) is 2.55. The average Bonchev–Trinajstić information content (AvgIpc) is 2.26. The van der Waals surface area contributed by atoms with Gasteiger partial charge in [0.2, 0.25) is 0 Å². The van der Waals surface area contributed by atoms with E-state index in [0.717, 1.165) is 18.4 Å². The van der Waals surface area contributed by atoms with Crippen molar-refractivity contribution in [3.05, 3.63) is 34.6 Å². The van der Waals surface area contributed by atoms with Crippen molar-refractivity contribution in [2.45, 2.75) is 32.4 Å². The van der Waals surface area contributed by atoms with Crippen LogP contribution in [-0.2, 0) is 6.54 Å². The summed E-state index contributed by atoms with van der Waals surface area (Å²) in [6.45, 7) is 2.75. The number of alkyl halides is 1. The van der Waals surface area contributed by atoms with Crippen molar-refractivity contribution in [2.24, 2.45) is 0 Å². The van der Waals surface area contributed by atoms with Crippen LogP contribution < -0.4 is 5.32 Å². The van der Waals surface area contributed by atoms with Gasteiger partial charge in [-0.25, -0.2) is 4.39 Å². The molecule has 0 aromatic heterocycles. The molecule has 0 fully saturated rings. The van der Waals surface area contributed by atoms with Gasteiger partial charge in [0, 0.05) is 23.5 Å². The van der Waals surface area contributed by atoms with Crippen molar-refractivity contribution in [3.8, 4) is 0 Å². The Hall–Kier alpha value is -0.310. The van der Waals surface area contributed by atoms with Crippen LogP contribution in [0, 0.1) is 5.82 Å². The molecule has 0 radical (unpaired) electrons. The second-order valence-electron chi connectivity index (χ2n) is 3.70. The first-order valence-electron chi connectivity index (χ1n) is 5.40. The number of benzene rings is 1. The zero-order valence-corrected chi connectivity index (χ0v) is 10.8. The SMILES string of the molecule is CCC(CCCl)NCc1ccc(F)cc1Cl. The quantitative estimate of drug-likeness (QED) is 0.766. The molecule has 4 heteroatoms. The molecule has 1 unspecified atom stereocenters. The highest BCUT2D eigenvalue weighted by molar-refractivity contribution is 6.31. The van der Waals surface area contributed by atoms with Gasteiger partial charge in [-0.2, -0.15) is 0 Å². The molecule has 1 atom stereocenters. The van der Waals surface area contributed by atoms with Crippen LogP contribution in [0.1, 0.15) is 25.3 Å². The highest BCUT2D eigenvalue weighted by Crippen LogP contribution is 2.17. The molecule has 1 aromatic carbocycles. The van der Waals surface area contributed by atoms with Crippen LogP contribution in [0.2, 0.25) is 5.02 Å². The fraction of sp³-hybridized carbons (Fsp3) is 0.500. The summed E-state index contributed by atoms with van der Waals surface area (Å²) in [5.74, 6) is 0.337. The van der Waals surface area contributed by atoms with E-state index in [1.54, 1.807) is 6.07 Å². The summed E-state index contributed by atoms with van der Waals surface area (Å²) in [6, 6.07) is 4.85. The topological polar surface area (TPSA) is 12.0 Å². The molecular formula is C12H16Cl2FN. The molecule has 0 heterocycles. The van der Waals surface area contributed by atoms with E-state index in [0.29, 0.717) is 23.5 Å². The van der Waals surface area contributed by atoms with E-state index >= 15 is 0 Å². The van der Waals surface area contributed by atoms with Crippen molar-refractivity contribution in [2.75, 3.05) is 5.88 Å². The molecule has 1 rings (SSSR count). The third kappa shape index (κ3) is 4.28. The van der Waals surface area contributed by atoms with E-state index in [1.807, 2.05) is 0 Å². The van der Waals surface area contributed by atoms with Crippen LogP contribution in [0.25, 0.3) is 0 Å². The lowest BCUT2D eigenvalue weighted by Gasteiger charge is -2.16. The fourth-order valence-corrected chi connectivity index (χ4v) is 2.00. The third-order valence-corrected chi connectivity index (χ3v) is 3.12. The van der Waals surface area contributed by atoms with E-state index in [-0.39, 0.29) is 5.82 Å². The molecule has 0 saturated heterocycles. The zero-order chi connectivity index (χ0) is 12.0. The fourth-order valence-electron chi connectivity index (χ4n) is 1.50. The predicted molar refractivity (Wildman–Crippen MR) is 67.7 cm³/mol. The molecule has 0 aliphatic rings. The lowest BCUT2D eigenvalue weighted by molar-refractivity contribution is 0.486. The molecule has 1 N–H and O–H groups in total. The van der Waals surface area contributed by atoms with Crippen LogP contribution in [0.3, 0.4) is 0 Å². The van der Waals surface area contributed by atoms with Crippen molar-refractivity contribution in [1.82, 2.24) is 5.32 Å². The Kier molecular flexibility index (Phi) is 6.10. The molecule has 0 aliphatic heterocycles. The van der Waals surface area contributed by atoms with Crippen LogP contribution in [-0.4, -0.2) is 11.9 Å². The molecule has 1 nitrogen and oxygen atoms in total. The minimum Gasteiger partial charge on any atom is -0.310 e. The summed E-state index contributed by atoms with van der Waals surface area (Å²) in [7, 11) is 0. The smallest absolute Gasteiger partial charge is 0.124 e. The van der Waals surface area contributed by atoms with Crippen LogP contribution in [0.5, 0.6) is 0 Å². The van der Waals surface area contributed by atoms with E-state index < -0.39 is 0 Å². The van der Waals surface area contributed by atoms with Gasteiger partial charge in [0.25, 0.3) is 0 Å². The normalized spacial score (nSPS) is 12.8.